The zero-order chi connectivity index (χ0) is 12.5. The maximum absolute atomic E-state index is 8.46. The molecule has 0 amide bonds. The Kier molecular flexibility index (Phi) is 6.10. The highest BCUT2D eigenvalue weighted by Crippen LogP contribution is 2.10. The van der Waals surface area contributed by atoms with Crippen LogP contribution in [0.2, 0.25) is 0 Å². The summed E-state index contributed by atoms with van der Waals surface area (Å²) in [6, 6.07) is 10.9. The molecule has 0 atom stereocenters. The second-order valence-electron chi connectivity index (χ2n) is 4.59. The molecule has 1 rings (SSSR count). The first-order valence-corrected chi connectivity index (χ1v) is 6.30. The summed E-state index contributed by atoms with van der Waals surface area (Å²) in [6.07, 6.45) is 7.22. The molecule has 17 heavy (non-hydrogen) atoms. The number of aryl methyl sites for hydroxylation is 2. The standard InChI is InChI=1S/C16H21N/c1-14(6-3-4-13-17)7-5-8-16-11-9-15(2)10-12-16/h7,9-12H,3-6,8H2,1-2H3/b14-7+. The predicted molar refractivity (Wildman–Crippen MR) is 72.7 cm³/mol. The van der Waals surface area contributed by atoms with E-state index in [0.717, 1.165) is 25.7 Å². The highest BCUT2D eigenvalue weighted by Gasteiger charge is 1.93. The van der Waals surface area contributed by atoms with E-state index in [9.17, 15) is 0 Å². The van der Waals surface area contributed by atoms with E-state index < -0.39 is 0 Å². The highest BCUT2D eigenvalue weighted by molar-refractivity contribution is 5.21. The molecule has 0 spiro atoms. The first-order valence-electron chi connectivity index (χ1n) is 6.30. The average molecular weight is 227 g/mol. The van der Waals surface area contributed by atoms with Crippen LogP contribution in [0.25, 0.3) is 0 Å². The molecule has 0 saturated heterocycles. The van der Waals surface area contributed by atoms with Gasteiger partial charge in [0.25, 0.3) is 0 Å². The van der Waals surface area contributed by atoms with Gasteiger partial charge in [0.05, 0.1) is 6.07 Å². The van der Waals surface area contributed by atoms with Crippen LogP contribution in [0.3, 0.4) is 0 Å². The number of unbranched alkanes of at least 4 members (excludes halogenated alkanes) is 1. The first-order chi connectivity index (χ1) is 8.22. The molecule has 0 aliphatic carbocycles. The van der Waals surface area contributed by atoms with E-state index in [2.05, 4.69) is 50.3 Å². The molecular formula is C16H21N. The van der Waals surface area contributed by atoms with E-state index in [-0.39, 0.29) is 0 Å². The van der Waals surface area contributed by atoms with Crippen molar-refractivity contribution in [1.29, 1.82) is 5.26 Å². The number of benzene rings is 1. The molecule has 1 heteroatoms. The van der Waals surface area contributed by atoms with E-state index in [1.165, 1.54) is 16.7 Å². The van der Waals surface area contributed by atoms with Crippen molar-refractivity contribution in [3.8, 4) is 6.07 Å². The molecule has 1 aromatic carbocycles. The molecule has 0 radical (unpaired) electrons. The Morgan fingerprint density at radius 3 is 2.65 bits per heavy atom. The van der Waals surface area contributed by atoms with Crippen molar-refractivity contribution in [2.45, 2.75) is 46.0 Å². The Bertz CT molecular complexity index is 393. The molecular weight excluding hydrogens is 206 g/mol. The van der Waals surface area contributed by atoms with Crippen LogP contribution in [0.1, 0.15) is 43.7 Å². The van der Waals surface area contributed by atoms with Gasteiger partial charge in [-0.3, -0.25) is 0 Å². The fourth-order valence-corrected chi connectivity index (χ4v) is 1.79. The summed E-state index contributed by atoms with van der Waals surface area (Å²) in [6.45, 7) is 4.27. The quantitative estimate of drug-likeness (QED) is 0.516. The van der Waals surface area contributed by atoms with Crippen molar-refractivity contribution < 1.29 is 0 Å². The lowest BCUT2D eigenvalue weighted by Crippen LogP contribution is -1.85. The molecule has 0 bridgehead atoms. The van der Waals surface area contributed by atoms with Crippen molar-refractivity contribution in [3.63, 3.8) is 0 Å². The minimum Gasteiger partial charge on any atom is -0.198 e. The molecule has 90 valence electrons. The Balaban J connectivity index is 2.29. The summed E-state index contributed by atoms with van der Waals surface area (Å²) in [5, 5.41) is 8.46. The zero-order valence-electron chi connectivity index (χ0n) is 10.9. The molecule has 1 aromatic rings. The monoisotopic (exact) mass is 227 g/mol. The molecule has 0 heterocycles. The van der Waals surface area contributed by atoms with Gasteiger partial charge in [0.1, 0.15) is 0 Å². The van der Waals surface area contributed by atoms with Crippen LogP contribution in [0, 0.1) is 18.3 Å². The predicted octanol–water partition coefficient (Wildman–Crippen LogP) is 4.57. The maximum Gasteiger partial charge on any atom is 0.0621 e. The number of nitrogens with zero attached hydrogens (tertiary/aromatic N) is 1. The third-order valence-corrected chi connectivity index (χ3v) is 2.91. The number of rotatable bonds is 6. The van der Waals surface area contributed by atoms with Crippen molar-refractivity contribution in [2.75, 3.05) is 0 Å². The fraction of sp³-hybridized carbons (Fsp3) is 0.438. The summed E-state index contributed by atoms with van der Waals surface area (Å²) >= 11 is 0. The van der Waals surface area contributed by atoms with Gasteiger partial charge in [0.15, 0.2) is 0 Å². The lowest BCUT2D eigenvalue weighted by atomic mass is 10.0. The van der Waals surface area contributed by atoms with Crippen LogP contribution < -0.4 is 0 Å². The van der Waals surface area contributed by atoms with E-state index in [0.29, 0.717) is 6.42 Å². The summed E-state index contributed by atoms with van der Waals surface area (Å²) in [4.78, 5) is 0. The van der Waals surface area contributed by atoms with Gasteiger partial charge in [-0.15, -0.1) is 0 Å². The van der Waals surface area contributed by atoms with Crippen molar-refractivity contribution in [3.05, 3.63) is 47.0 Å². The van der Waals surface area contributed by atoms with Gasteiger partial charge in [0, 0.05) is 6.42 Å². The van der Waals surface area contributed by atoms with Gasteiger partial charge in [-0.2, -0.15) is 5.26 Å². The molecule has 0 saturated carbocycles. The maximum atomic E-state index is 8.46. The lowest BCUT2D eigenvalue weighted by molar-refractivity contribution is 0.829. The van der Waals surface area contributed by atoms with E-state index in [1.54, 1.807) is 0 Å². The molecule has 0 aliphatic rings. The number of hydrogen-bond donors (Lipinski definition) is 0. The zero-order valence-corrected chi connectivity index (χ0v) is 10.9. The topological polar surface area (TPSA) is 23.8 Å². The van der Waals surface area contributed by atoms with Crippen LogP contribution in [0.15, 0.2) is 35.9 Å². The van der Waals surface area contributed by atoms with Crippen LogP contribution in [-0.4, -0.2) is 0 Å². The van der Waals surface area contributed by atoms with Crippen LogP contribution in [0.5, 0.6) is 0 Å². The molecule has 0 aromatic heterocycles. The largest absolute Gasteiger partial charge is 0.198 e. The number of hydrogen-bond acceptors (Lipinski definition) is 1. The van der Waals surface area contributed by atoms with Crippen LogP contribution in [0.4, 0.5) is 0 Å². The second kappa shape index (κ2) is 7.68. The Hall–Kier alpha value is -1.55. The molecule has 0 unspecified atom stereocenters. The second-order valence-corrected chi connectivity index (χ2v) is 4.59. The van der Waals surface area contributed by atoms with Gasteiger partial charge in [-0.05, 0) is 45.1 Å². The van der Waals surface area contributed by atoms with Crippen LogP contribution >= 0.6 is 0 Å². The lowest BCUT2D eigenvalue weighted by Gasteiger charge is -2.01. The summed E-state index contributed by atoms with van der Waals surface area (Å²) in [5.74, 6) is 0. The summed E-state index contributed by atoms with van der Waals surface area (Å²) in [5.41, 5.74) is 4.13. The van der Waals surface area contributed by atoms with Gasteiger partial charge < -0.3 is 0 Å². The van der Waals surface area contributed by atoms with Gasteiger partial charge in [-0.1, -0.05) is 41.5 Å². The van der Waals surface area contributed by atoms with Crippen molar-refractivity contribution in [2.24, 2.45) is 0 Å². The minimum atomic E-state index is 0.670. The highest BCUT2D eigenvalue weighted by atomic mass is 14.2. The smallest absolute Gasteiger partial charge is 0.0621 e. The number of allylic oxidation sites excluding steroid dienone is 2. The third kappa shape index (κ3) is 5.92. The summed E-state index contributed by atoms with van der Waals surface area (Å²) in [7, 11) is 0. The van der Waals surface area contributed by atoms with Gasteiger partial charge >= 0.3 is 0 Å². The van der Waals surface area contributed by atoms with E-state index in [1.807, 2.05) is 0 Å². The molecule has 0 N–H and O–H groups in total. The summed E-state index contributed by atoms with van der Waals surface area (Å²) < 4.78 is 0. The van der Waals surface area contributed by atoms with Crippen molar-refractivity contribution in [1.82, 2.24) is 0 Å². The van der Waals surface area contributed by atoms with E-state index >= 15 is 0 Å². The minimum absolute atomic E-state index is 0.670. The SMILES string of the molecule is C/C(=C\CCc1ccc(C)cc1)CCCC#N. The Labute approximate surface area is 105 Å². The third-order valence-electron chi connectivity index (χ3n) is 2.91. The van der Waals surface area contributed by atoms with E-state index in [4.69, 9.17) is 5.26 Å². The molecule has 0 fully saturated rings. The Morgan fingerprint density at radius 2 is 2.00 bits per heavy atom. The normalized spacial score (nSPS) is 11.2. The van der Waals surface area contributed by atoms with Gasteiger partial charge in [0.2, 0.25) is 0 Å². The Morgan fingerprint density at radius 1 is 1.29 bits per heavy atom. The first kappa shape index (κ1) is 13.5. The van der Waals surface area contributed by atoms with Crippen LogP contribution in [-0.2, 0) is 6.42 Å². The fourth-order valence-electron chi connectivity index (χ4n) is 1.79. The molecule has 1 nitrogen and oxygen atoms in total. The number of nitriles is 1. The van der Waals surface area contributed by atoms with Crippen molar-refractivity contribution >= 4 is 0 Å². The molecule has 0 aliphatic heterocycles. The average Bonchev–Trinajstić information content (AvgIpc) is 2.32. The van der Waals surface area contributed by atoms with Gasteiger partial charge in [-0.25, -0.2) is 0 Å².